The summed E-state index contributed by atoms with van der Waals surface area (Å²) in [4.78, 5) is 0. The standard InChI is InChI=1S/C19H30N2/c1-2-14-7-5-10-16(13-14)19(21-20)18-12-6-9-15-8-3-4-11-17(15)18/h3-4,8,11,14,16,18-19,21H,2,5-7,9-10,12-13,20H2,1H3. The molecule has 1 fully saturated rings. The Balaban J connectivity index is 1.80. The van der Waals surface area contributed by atoms with E-state index in [0.29, 0.717) is 12.0 Å². The number of rotatable bonds is 4. The molecule has 0 saturated heterocycles. The van der Waals surface area contributed by atoms with Crippen LogP contribution in [0.3, 0.4) is 0 Å². The van der Waals surface area contributed by atoms with Gasteiger partial charge in [0.2, 0.25) is 0 Å². The molecule has 0 radical (unpaired) electrons. The van der Waals surface area contributed by atoms with E-state index in [1.54, 1.807) is 11.1 Å². The third-order valence-corrected chi connectivity index (χ3v) is 5.95. The van der Waals surface area contributed by atoms with Crippen LogP contribution in [0.15, 0.2) is 24.3 Å². The maximum absolute atomic E-state index is 6.03. The molecule has 2 heteroatoms. The average molecular weight is 286 g/mol. The van der Waals surface area contributed by atoms with Crippen molar-refractivity contribution in [2.24, 2.45) is 17.7 Å². The summed E-state index contributed by atoms with van der Waals surface area (Å²) in [5.41, 5.74) is 6.34. The van der Waals surface area contributed by atoms with Crippen molar-refractivity contribution < 1.29 is 0 Å². The zero-order chi connectivity index (χ0) is 14.7. The van der Waals surface area contributed by atoms with Gasteiger partial charge in [-0.05, 0) is 55.1 Å². The summed E-state index contributed by atoms with van der Waals surface area (Å²) in [6, 6.07) is 9.48. The molecule has 4 unspecified atom stereocenters. The minimum absolute atomic E-state index is 0.459. The zero-order valence-corrected chi connectivity index (χ0v) is 13.4. The summed E-state index contributed by atoms with van der Waals surface area (Å²) in [5.74, 6) is 8.31. The molecule has 0 aromatic heterocycles. The Hall–Kier alpha value is -0.860. The molecule has 2 nitrogen and oxygen atoms in total. The number of nitrogens with one attached hydrogen (secondary N) is 1. The van der Waals surface area contributed by atoms with Gasteiger partial charge < -0.3 is 0 Å². The number of nitrogens with two attached hydrogens (primary N) is 1. The molecule has 1 aromatic rings. The van der Waals surface area contributed by atoms with Gasteiger partial charge in [0.15, 0.2) is 0 Å². The van der Waals surface area contributed by atoms with Crippen molar-refractivity contribution in [1.29, 1.82) is 0 Å². The lowest BCUT2D eigenvalue weighted by molar-refractivity contribution is 0.184. The van der Waals surface area contributed by atoms with Crippen molar-refractivity contribution in [2.75, 3.05) is 0 Å². The quantitative estimate of drug-likeness (QED) is 0.644. The van der Waals surface area contributed by atoms with Crippen LogP contribution in [-0.2, 0) is 6.42 Å². The van der Waals surface area contributed by atoms with E-state index in [9.17, 15) is 0 Å². The summed E-state index contributed by atoms with van der Waals surface area (Å²) in [7, 11) is 0. The van der Waals surface area contributed by atoms with Crippen LogP contribution >= 0.6 is 0 Å². The molecular formula is C19H30N2. The highest BCUT2D eigenvalue weighted by Gasteiger charge is 2.34. The van der Waals surface area contributed by atoms with Gasteiger partial charge >= 0.3 is 0 Å². The van der Waals surface area contributed by atoms with Crippen LogP contribution in [0.2, 0.25) is 0 Å². The molecule has 116 valence electrons. The van der Waals surface area contributed by atoms with Gasteiger partial charge in [-0.25, -0.2) is 0 Å². The predicted octanol–water partition coefficient (Wildman–Crippen LogP) is 4.15. The van der Waals surface area contributed by atoms with Crippen LogP contribution in [0.5, 0.6) is 0 Å². The van der Waals surface area contributed by atoms with E-state index in [1.807, 2.05) is 0 Å². The van der Waals surface area contributed by atoms with Gasteiger partial charge in [0.25, 0.3) is 0 Å². The second-order valence-corrected chi connectivity index (χ2v) is 7.09. The van der Waals surface area contributed by atoms with E-state index in [1.165, 1.54) is 51.4 Å². The number of fused-ring (bicyclic) bond motifs is 1. The van der Waals surface area contributed by atoms with Gasteiger partial charge in [-0.15, -0.1) is 0 Å². The fourth-order valence-corrected chi connectivity index (χ4v) is 4.77. The maximum Gasteiger partial charge on any atom is 0.0307 e. The van der Waals surface area contributed by atoms with E-state index in [4.69, 9.17) is 5.84 Å². The number of aryl methyl sites for hydroxylation is 1. The molecule has 3 N–H and O–H groups in total. The predicted molar refractivity (Wildman–Crippen MR) is 89.0 cm³/mol. The normalized spacial score (nSPS) is 30.7. The largest absolute Gasteiger partial charge is 0.271 e. The van der Waals surface area contributed by atoms with Crippen LogP contribution in [0.25, 0.3) is 0 Å². The van der Waals surface area contributed by atoms with Crippen molar-refractivity contribution >= 4 is 0 Å². The van der Waals surface area contributed by atoms with Crippen LogP contribution in [0, 0.1) is 11.8 Å². The first-order chi connectivity index (χ1) is 10.3. The fourth-order valence-electron chi connectivity index (χ4n) is 4.77. The van der Waals surface area contributed by atoms with Crippen molar-refractivity contribution in [3.8, 4) is 0 Å². The Bertz CT molecular complexity index is 457. The number of benzene rings is 1. The third-order valence-electron chi connectivity index (χ3n) is 5.95. The van der Waals surface area contributed by atoms with Gasteiger partial charge in [-0.2, -0.15) is 0 Å². The second kappa shape index (κ2) is 6.93. The van der Waals surface area contributed by atoms with E-state index >= 15 is 0 Å². The molecule has 21 heavy (non-hydrogen) atoms. The molecule has 0 heterocycles. The Kier molecular flexibility index (Phi) is 4.97. The van der Waals surface area contributed by atoms with Gasteiger partial charge in [0.1, 0.15) is 0 Å². The lowest BCUT2D eigenvalue weighted by Crippen LogP contribution is -2.47. The molecule has 0 aliphatic heterocycles. The SMILES string of the molecule is CCC1CCCC(C(NN)C2CCCc3ccccc32)C1. The molecule has 1 saturated carbocycles. The van der Waals surface area contributed by atoms with Crippen molar-refractivity contribution in [2.45, 2.75) is 70.3 Å². The maximum atomic E-state index is 6.03. The van der Waals surface area contributed by atoms with Crippen molar-refractivity contribution in [1.82, 2.24) is 5.43 Å². The fraction of sp³-hybridized carbons (Fsp3) is 0.684. The molecule has 3 rings (SSSR count). The first-order valence-electron chi connectivity index (χ1n) is 8.87. The van der Waals surface area contributed by atoms with E-state index in [2.05, 4.69) is 36.6 Å². The molecule has 4 atom stereocenters. The highest BCUT2D eigenvalue weighted by molar-refractivity contribution is 5.34. The highest BCUT2D eigenvalue weighted by Crippen LogP contribution is 2.41. The number of hydrogen-bond acceptors (Lipinski definition) is 2. The van der Waals surface area contributed by atoms with Crippen LogP contribution in [0.1, 0.15) is 68.9 Å². The molecule has 0 spiro atoms. The van der Waals surface area contributed by atoms with E-state index in [0.717, 1.165) is 11.8 Å². The second-order valence-electron chi connectivity index (χ2n) is 7.09. The minimum Gasteiger partial charge on any atom is -0.271 e. The number of hydrogen-bond donors (Lipinski definition) is 2. The van der Waals surface area contributed by atoms with Crippen molar-refractivity contribution in [3.63, 3.8) is 0 Å². The summed E-state index contributed by atoms with van der Waals surface area (Å²) >= 11 is 0. The Morgan fingerprint density at radius 2 is 2.05 bits per heavy atom. The molecule has 2 aliphatic rings. The molecule has 0 amide bonds. The zero-order valence-electron chi connectivity index (χ0n) is 13.4. The summed E-state index contributed by atoms with van der Waals surface area (Å²) in [6.45, 7) is 2.34. The van der Waals surface area contributed by atoms with Crippen molar-refractivity contribution in [3.05, 3.63) is 35.4 Å². The van der Waals surface area contributed by atoms with E-state index in [-0.39, 0.29) is 0 Å². The first kappa shape index (κ1) is 15.1. The third kappa shape index (κ3) is 3.17. The highest BCUT2D eigenvalue weighted by atomic mass is 15.2. The molecule has 1 aromatic carbocycles. The summed E-state index contributed by atoms with van der Waals surface area (Å²) in [6.07, 6.45) is 10.7. The van der Waals surface area contributed by atoms with Gasteiger partial charge in [0, 0.05) is 12.0 Å². The van der Waals surface area contributed by atoms with Gasteiger partial charge in [-0.1, -0.05) is 50.5 Å². The smallest absolute Gasteiger partial charge is 0.0307 e. The monoisotopic (exact) mass is 286 g/mol. The minimum atomic E-state index is 0.459. The molecule has 0 bridgehead atoms. The lowest BCUT2D eigenvalue weighted by Gasteiger charge is -2.40. The topological polar surface area (TPSA) is 38.0 Å². The van der Waals surface area contributed by atoms with Crippen LogP contribution < -0.4 is 11.3 Å². The Labute approximate surface area is 129 Å². The van der Waals surface area contributed by atoms with Gasteiger partial charge in [-0.3, -0.25) is 11.3 Å². The Morgan fingerprint density at radius 1 is 1.19 bits per heavy atom. The summed E-state index contributed by atoms with van der Waals surface area (Å²) in [5, 5.41) is 0. The lowest BCUT2D eigenvalue weighted by atomic mass is 9.69. The van der Waals surface area contributed by atoms with E-state index < -0.39 is 0 Å². The number of hydrazine groups is 1. The Morgan fingerprint density at radius 3 is 2.86 bits per heavy atom. The molecule has 2 aliphatic carbocycles. The summed E-state index contributed by atoms with van der Waals surface area (Å²) < 4.78 is 0. The van der Waals surface area contributed by atoms with Gasteiger partial charge in [0.05, 0.1) is 0 Å². The van der Waals surface area contributed by atoms with Crippen LogP contribution in [-0.4, -0.2) is 6.04 Å². The first-order valence-corrected chi connectivity index (χ1v) is 8.87. The average Bonchev–Trinajstić information content (AvgIpc) is 2.56. The molecular weight excluding hydrogens is 256 g/mol. The van der Waals surface area contributed by atoms with Crippen LogP contribution in [0.4, 0.5) is 0 Å².